The molecule has 0 saturated heterocycles. The Morgan fingerprint density at radius 2 is 1.83 bits per heavy atom. The predicted molar refractivity (Wildman–Crippen MR) is 84.6 cm³/mol. The van der Waals surface area contributed by atoms with Crippen LogP contribution in [0.1, 0.15) is 5.56 Å². The molecule has 0 amide bonds. The van der Waals surface area contributed by atoms with Gasteiger partial charge in [-0.15, -0.1) is 0 Å². The highest BCUT2D eigenvalue weighted by Gasteiger charge is 2.03. The molecule has 0 spiro atoms. The van der Waals surface area contributed by atoms with Crippen molar-refractivity contribution in [2.75, 3.05) is 0 Å². The molecule has 0 aliphatic rings. The number of fused-ring (bicyclic) bond motifs is 1. The van der Waals surface area contributed by atoms with E-state index in [-0.39, 0.29) is 0 Å². The monoisotopic (exact) mass is 345 g/mol. The van der Waals surface area contributed by atoms with Crippen molar-refractivity contribution in [1.29, 1.82) is 0 Å². The first-order valence-electron chi connectivity index (χ1n) is 5.84. The molecule has 0 aliphatic heterocycles. The van der Waals surface area contributed by atoms with E-state index in [9.17, 15) is 0 Å². The van der Waals surface area contributed by atoms with E-state index in [0.717, 1.165) is 0 Å². The van der Waals surface area contributed by atoms with Gasteiger partial charge in [-0.25, -0.2) is 0 Å². The molecule has 88 valence electrons. The molecule has 1 nitrogen and oxygen atoms in total. The summed E-state index contributed by atoms with van der Waals surface area (Å²) in [6.07, 6.45) is 3.75. The van der Waals surface area contributed by atoms with Gasteiger partial charge in [0, 0.05) is 21.4 Å². The Labute approximate surface area is 120 Å². The van der Waals surface area contributed by atoms with Gasteiger partial charge in [-0.1, -0.05) is 18.2 Å². The summed E-state index contributed by atoms with van der Waals surface area (Å²) in [5, 5.41) is 2.42. The molecule has 0 saturated carbocycles. The molecule has 1 heterocycles. The van der Waals surface area contributed by atoms with Crippen LogP contribution in [-0.2, 0) is 0 Å². The van der Waals surface area contributed by atoms with E-state index >= 15 is 0 Å². The lowest BCUT2D eigenvalue weighted by Gasteiger charge is -2.08. The minimum Gasteiger partial charge on any atom is -0.264 e. The number of hydrogen-bond donors (Lipinski definition) is 0. The highest BCUT2D eigenvalue weighted by atomic mass is 127. The summed E-state index contributed by atoms with van der Waals surface area (Å²) in [6.45, 7) is 2.15. The summed E-state index contributed by atoms with van der Waals surface area (Å²) in [4.78, 5) is 4.19. The molecule has 0 bridgehead atoms. The van der Waals surface area contributed by atoms with Gasteiger partial charge in [-0.05, 0) is 75.9 Å². The Morgan fingerprint density at radius 1 is 0.944 bits per heavy atom. The normalized spacial score (nSPS) is 10.8. The van der Waals surface area contributed by atoms with Crippen LogP contribution in [-0.4, -0.2) is 4.98 Å². The molecule has 0 fully saturated rings. The van der Waals surface area contributed by atoms with Gasteiger partial charge in [-0.2, -0.15) is 0 Å². The Morgan fingerprint density at radius 3 is 2.72 bits per heavy atom. The molecule has 0 N–H and O–H groups in total. The van der Waals surface area contributed by atoms with Crippen molar-refractivity contribution in [3.8, 4) is 11.1 Å². The third kappa shape index (κ3) is 2.12. The Balaban J connectivity index is 2.22. The van der Waals surface area contributed by atoms with Gasteiger partial charge in [0.2, 0.25) is 0 Å². The molecule has 2 aromatic carbocycles. The van der Waals surface area contributed by atoms with Crippen LogP contribution in [0.2, 0.25) is 0 Å². The second-order valence-corrected chi connectivity index (χ2v) is 5.64. The van der Waals surface area contributed by atoms with Crippen molar-refractivity contribution in [3.63, 3.8) is 0 Å². The molecule has 0 atom stereocenters. The number of halogens is 1. The predicted octanol–water partition coefficient (Wildman–Crippen LogP) is 4.81. The van der Waals surface area contributed by atoms with Crippen LogP contribution < -0.4 is 0 Å². The number of hydrogen-bond acceptors (Lipinski definition) is 1. The van der Waals surface area contributed by atoms with Crippen molar-refractivity contribution in [3.05, 3.63) is 64.0 Å². The maximum atomic E-state index is 4.19. The van der Waals surface area contributed by atoms with Crippen molar-refractivity contribution in [1.82, 2.24) is 4.98 Å². The quantitative estimate of drug-likeness (QED) is 0.577. The van der Waals surface area contributed by atoms with Crippen LogP contribution in [0, 0.1) is 10.5 Å². The minimum absolute atomic E-state index is 1.19. The third-order valence-corrected chi connectivity index (χ3v) is 3.82. The van der Waals surface area contributed by atoms with E-state index in [1.165, 1.54) is 31.0 Å². The molecule has 0 aliphatic carbocycles. The van der Waals surface area contributed by atoms with E-state index in [4.69, 9.17) is 0 Å². The lowest BCUT2D eigenvalue weighted by atomic mass is 9.99. The Kier molecular flexibility index (Phi) is 3.04. The van der Waals surface area contributed by atoms with Gasteiger partial charge >= 0.3 is 0 Å². The van der Waals surface area contributed by atoms with Gasteiger partial charge in [0.25, 0.3) is 0 Å². The van der Waals surface area contributed by atoms with Crippen LogP contribution in [0.25, 0.3) is 21.9 Å². The smallest absolute Gasteiger partial charge is 0.0346 e. The Bertz CT molecular complexity index is 719. The number of aryl methyl sites for hydroxylation is 1. The lowest BCUT2D eigenvalue weighted by Crippen LogP contribution is -1.85. The second kappa shape index (κ2) is 4.69. The van der Waals surface area contributed by atoms with Crippen molar-refractivity contribution < 1.29 is 0 Å². The average Bonchev–Trinajstić information content (AvgIpc) is 2.41. The minimum atomic E-state index is 1.19. The second-order valence-electron chi connectivity index (χ2n) is 4.40. The lowest BCUT2D eigenvalue weighted by molar-refractivity contribution is 1.36. The SMILES string of the molecule is Cc1ccc(I)cc1-c1ccc2ccncc2c1. The first-order chi connectivity index (χ1) is 8.74. The first kappa shape index (κ1) is 11.7. The Hall–Kier alpha value is -1.42. The molecular formula is C16H12IN. The summed E-state index contributed by atoms with van der Waals surface area (Å²) in [5.74, 6) is 0. The molecule has 1 aromatic heterocycles. The molecule has 2 heteroatoms. The van der Waals surface area contributed by atoms with E-state index < -0.39 is 0 Å². The van der Waals surface area contributed by atoms with Gasteiger partial charge in [0.1, 0.15) is 0 Å². The fraction of sp³-hybridized carbons (Fsp3) is 0.0625. The van der Waals surface area contributed by atoms with Crippen molar-refractivity contribution in [2.45, 2.75) is 6.92 Å². The molecule has 3 aromatic rings. The van der Waals surface area contributed by atoms with Crippen molar-refractivity contribution >= 4 is 33.4 Å². The molecular weight excluding hydrogens is 333 g/mol. The van der Waals surface area contributed by atoms with Gasteiger partial charge in [0.15, 0.2) is 0 Å². The highest BCUT2D eigenvalue weighted by Crippen LogP contribution is 2.28. The zero-order chi connectivity index (χ0) is 12.5. The van der Waals surface area contributed by atoms with Crippen LogP contribution in [0.4, 0.5) is 0 Å². The first-order valence-corrected chi connectivity index (χ1v) is 6.92. The van der Waals surface area contributed by atoms with Crippen LogP contribution >= 0.6 is 22.6 Å². The zero-order valence-corrected chi connectivity index (χ0v) is 12.2. The number of pyridine rings is 1. The van der Waals surface area contributed by atoms with E-state index in [1.54, 1.807) is 0 Å². The third-order valence-electron chi connectivity index (χ3n) is 3.15. The molecule has 0 unspecified atom stereocenters. The zero-order valence-electron chi connectivity index (χ0n) is 10.0. The number of benzene rings is 2. The number of rotatable bonds is 1. The summed E-state index contributed by atoms with van der Waals surface area (Å²) < 4.78 is 1.26. The summed E-state index contributed by atoms with van der Waals surface area (Å²) in [5.41, 5.74) is 3.86. The van der Waals surface area contributed by atoms with Gasteiger partial charge < -0.3 is 0 Å². The number of aromatic nitrogens is 1. The topological polar surface area (TPSA) is 12.9 Å². The van der Waals surface area contributed by atoms with Gasteiger partial charge in [0.05, 0.1) is 0 Å². The summed E-state index contributed by atoms with van der Waals surface area (Å²) >= 11 is 2.35. The maximum absolute atomic E-state index is 4.19. The summed E-state index contributed by atoms with van der Waals surface area (Å²) in [6, 6.07) is 15.1. The number of nitrogens with zero attached hydrogens (tertiary/aromatic N) is 1. The fourth-order valence-corrected chi connectivity index (χ4v) is 2.65. The fourth-order valence-electron chi connectivity index (χ4n) is 2.16. The molecule has 0 radical (unpaired) electrons. The molecule has 18 heavy (non-hydrogen) atoms. The van der Waals surface area contributed by atoms with Crippen LogP contribution in [0.15, 0.2) is 54.9 Å². The molecule has 3 rings (SSSR count). The van der Waals surface area contributed by atoms with E-state index in [0.29, 0.717) is 0 Å². The standard InChI is InChI=1S/C16H12IN/c1-11-2-5-15(17)9-16(11)13-4-3-12-6-7-18-10-14(12)8-13/h2-10H,1H3. The van der Waals surface area contributed by atoms with Crippen LogP contribution in [0.3, 0.4) is 0 Å². The van der Waals surface area contributed by atoms with E-state index in [2.05, 4.69) is 70.9 Å². The average molecular weight is 345 g/mol. The summed E-state index contributed by atoms with van der Waals surface area (Å²) in [7, 11) is 0. The van der Waals surface area contributed by atoms with Crippen molar-refractivity contribution in [2.24, 2.45) is 0 Å². The van der Waals surface area contributed by atoms with Gasteiger partial charge in [-0.3, -0.25) is 4.98 Å². The van der Waals surface area contributed by atoms with Crippen LogP contribution in [0.5, 0.6) is 0 Å². The van der Waals surface area contributed by atoms with E-state index in [1.807, 2.05) is 18.5 Å². The maximum Gasteiger partial charge on any atom is 0.0346 e. The largest absolute Gasteiger partial charge is 0.264 e. The highest BCUT2D eigenvalue weighted by molar-refractivity contribution is 14.1.